The van der Waals surface area contributed by atoms with Gasteiger partial charge in [0.15, 0.2) is 0 Å². The van der Waals surface area contributed by atoms with E-state index >= 15 is 0 Å². The third-order valence-corrected chi connectivity index (χ3v) is 2.50. The smallest absolute Gasteiger partial charge is 0.0809 e. The summed E-state index contributed by atoms with van der Waals surface area (Å²) in [7, 11) is 1.91. The Kier molecular flexibility index (Phi) is 2.00. The van der Waals surface area contributed by atoms with Crippen molar-refractivity contribution in [3.63, 3.8) is 0 Å². The van der Waals surface area contributed by atoms with Crippen molar-refractivity contribution >= 4 is 17.1 Å². The van der Waals surface area contributed by atoms with Crippen LogP contribution in [0.15, 0.2) is 12.1 Å². The van der Waals surface area contributed by atoms with Crippen LogP contribution in [0.3, 0.4) is 0 Å². The SMILES string of the molecule is CNc1c(N)ccc2c1NCCC2. The Hall–Kier alpha value is -1.38. The highest BCUT2D eigenvalue weighted by molar-refractivity contribution is 5.83. The molecule has 0 saturated carbocycles. The van der Waals surface area contributed by atoms with Crippen LogP contribution in [-0.4, -0.2) is 13.6 Å². The summed E-state index contributed by atoms with van der Waals surface area (Å²) in [5.74, 6) is 0. The summed E-state index contributed by atoms with van der Waals surface area (Å²) in [5.41, 5.74) is 10.3. The molecule has 0 saturated heterocycles. The minimum atomic E-state index is 0.815. The first kappa shape index (κ1) is 8.23. The Morgan fingerprint density at radius 1 is 1.46 bits per heavy atom. The van der Waals surface area contributed by atoms with E-state index in [1.54, 1.807) is 0 Å². The highest BCUT2D eigenvalue weighted by Gasteiger charge is 2.13. The van der Waals surface area contributed by atoms with Crippen LogP contribution in [0.5, 0.6) is 0 Å². The molecular formula is C10H15N3. The average molecular weight is 177 g/mol. The van der Waals surface area contributed by atoms with Gasteiger partial charge in [-0.15, -0.1) is 0 Å². The predicted molar refractivity (Wildman–Crippen MR) is 57.2 cm³/mol. The fraction of sp³-hybridized carbons (Fsp3) is 0.400. The van der Waals surface area contributed by atoms with Crippen molar-refractivity contribution in [1.29, 1.82) is 0 Å². The van der Waals surface area contributed by atoms with Crippen molar-refractivity contribution in [3.8, 4) is 0 Å². The first-order valence-electron chi connectivity index (χ1n) is 4.66. The number of nitrogens with two attached hydrogens (primary N) is 1. The van der Waals surface area contributed by atoms with E-state index in [2.05, 4.69) is 16.7 Å². The minimum Gasteiger partial charge on any atom is -0.397 e. The van der Waals surface area contributed by atoms with Crippen LogP contribution in [0.4, 0.5) is 17.1 Å². The minimum absolute atomic E-state index is 0.815. The lowest BCUT2D eigenvalue weighted by Crippen LogP contribution is -2.14. The van der Waals surface area contributed by atoms with E-state index in [9.17, 15) is 0 Å². The van der Waals surface area contributed by atoms with Crippen LogP contribution in [0.25, 0.3) is 0 Å². The molecule has 0 fully saturated rings. The van der Waals surface area contributed by atoms with Crippen LogP contribution in [-0.2, 0) is 6.42 Å². The van der Waals surface area contributed by atoms with Crippen LogP contribution in [0, 0.1) is 0 Å². The highest BCUT2D eigenvalue weighted by Crippen LogP contribution is 2.34. The Bertz CT molecular complexity index is 320. The van der Waals surface area contributed by atoms with Gasteiger partial charge in [0.2, 0.25) is 0 Å². The van der Waals surface area contributed by atoms with Gasteiger partial charge in [-0.1, -0.05) is 6.07 Å². The van der Waals surface area contributed by atoms with Gasteiger partial charge in [-0.25, -0.2) is 0 Å². The molecule has 70 valence electrons. The molecule has 0 amide bonds. The van der Waals surface area contributed by atoms with E-state index in [0.717, 1.165) is 24.3 Å². The molecule has 3 heteroatoms. The van der Waals surface area contributed by atoms with Gasteiger partial charge >= 0.3 is 0 Å². The second-order valence-corrected chi connectivity index (χ2v) is 3.34. The lowest BCUT2D eigenvalue weighted by atomic mass is 10.0. The first-order chi connectivity index (χ1) is 6.33. The Labute approximate surface area is 78.3 Å². The zero-order chi connectivity index (χ0) is 9.26. The number of hydrogen-bond donors (Lipinski definition) is 3. The molecule has 1 heterocycles. The molecule has 1 aliphatic rings. The van der Waals surface area contributed by atoms with Crippen LogP contribution < -0.4 is 16.4 Å². The predicted octanol–water partition coefficient (Wildman–Crippen LogP) is 1.67. The lowest BCUT2D eigenvalue weighted by molar-refractivity contribution is 0.831. The Morgan fingerprint density at radius 2 is 2.31 bits per heavy atom. The number of fused-ring (bicyclic) bond motifs is 1. The standard InChI is InChI=1S/C10H15N3/c1-12-10-8(11)5-4-7-3-2-6-13-9(7)10/h4-5,12-13H,2-3,6,11H2,1H3. The van der Waals surface area contributed by atoms with Gasteiger partial charge in [0, 0.05) is 13.6 Å². The molecule has 0 aliphatic carbocycles. The summed E-state index contributed by atoms with van der Waals surface area (Å²) >= 11 is 0. The molecule has 0 bridgehead atoms. The van der Waals surface area contributed by atoms with Crippen LogP contribution in [0.2, 0.25) is 0 Å². The molecule has 0 spiro atoms. The molecule has 2 rings (SSSR count). The second-order valence-electron chi connectivity index (χ2n) is 3.34. The number of benzene rings is 1. The van der Waals surface area contributed by atoms with E-state index in [4.69, 9.17) is 5.73 Å². The summed E-state index contributed by atoms with van der Waals surface area (Å²) in [6.45, 7) is 1.05. The van der Waals surface area contributed by atoms with Crippen molar-refractivity contribution < 1.29 is 0 Å². The first-order valence-corrected chi connectivity index (χ1v) is 4.66. The molecule has 0 unspecified atom stereocenters. The van der Waals surface area contributed by atoms with E-state index in [1.165, 1.54) is 17.7 Å². The molecular weight excluding hydrogens is 162 g/mol. The molecule has 0 radical (unpaired) electrons. The van der Waals surface area contributed by atoms with E-state index in [-0.39, 0.29) is 0 Å². The summed E-state index contributed by atoms with van der Waals surface area (Å²) in [6.07, 6.45) is 2.36. The molecule has 13 heavy (non-hydrogen) atoms. The van der Waals surface area contributed by atoms with E-state index < -0.39 is 0 Å². The third-order valence-electron chi connectivity index (χ3n) is 2.50. The average Bonchev–Trinajstić information content (AvgIpc) is 2.18. The third kappa shape index (κ3) is 1.30. The molecule has 1 aromatic rings. The number of rotatable bonds is 1. The number of aryl methyl sites for hydroxylation is 1. The topological polar surface area (TPSA) is 50.1 Å². The number of anilines is 3. The lowest BCUT2D eigenvalue weighted by Gasteiger charge is -2.22. The molecule has 4 N–H and O–H groups in total. The van der Waals surface area contributed by atoms with Gasteiger partial charge in [-0.3, -0.25) is 0 Å². The fourth-order valence-electron chi connectivity index (χ4n) is 1.83. The van der Waals surface area contributed by atoms with E-state index in [1.807, 2.05) is 13.1 Å². The van der Waals surface area contributed by atoms with Crippen LogP contribution in [0.1, 0.15) is 12.0 Å². The van der Waals surface area contributed by atoms with Gasteiger partial charge in [-0.2, -0.15) is 0 Å². The maximum absolute atomic E-state index is 5.85. The largest absolute Gasteiger partial charge is 0.397 e. The molecule has 0 aromatic heterocycles. The van der Waals surface area contributed by atoms with Crippen molar-refractivity contribution in [2.75, 3.05) is 30.0 Å². The Balaban J connectivity index is 2.52. The monoisotopic (exact) mass is 177 g/mol. The van der Waals surface area contributed by atoms with Gasteiger partial charge < -0.3 is 16.4 Å². The van der Waals surface area contributed by atoms with Crippen molar-refractivity contribution in [2.24, 2.45) is 0 Å². The summed E-state index contributed by atoms with van der Waals surface area (Å²) in [5, 5.41) is 6.52. The van der Waals surface area contributed by atoms with Crippen LogP contribution >= 0.6 is 0 Å². The maximum Gasteiger partial charge on any atom is 0.0809 e. The zero-order valence-corrected chi connectivity index (χ0v) is 7.85. The Morgan fingerprint density at radius 3 is 3.08 bits per heavy atom. The van der Waals surface area contributed by atoms with Gasteiger partial charge in [-0.05, 0) is 24.5 Å². The van der Waals surface area contributed by atoms with Gasteiger partial charge in [0.1, 0.15) is 0 Å². The molecule has 1 aromatic carbocycles. The second kappa shape index (κ2) is 3.17. The molecule has 0 atom stereocenters. The normalized spacial score (nSPS) is 14.5. The maximum atomic E-state index is 5.85. The summed E-state index contributed by atoms with van der Waals surface area (Å²) in [4.78, 5) is 0. The molecule has 1 aliphatic heterocycles. The fourth-order valence-corrected chi connectivity index (χ4v) is 1.83. The zero-order valence-electron chi connectivity index (χ0n) is 7.85. The highest BCUT2D eigenvalue weighted by atomic mass is 15.0. The van der Waals surface area contributed by atoms with Gasteiger partial charge in [0.05, 0.1) is 17.1 Å². The van der Waals surface area contributed by atoms with Crippen molar-refractivity contribution in [1.82, 2.24) is 0 Å². The summed E-state index contributed by atoms with van der Waals surface area (Å²) in [6, 6.07) is 4.08. The van der Waals surface area contributed by atoms with E-state index in [0.29, 0.717) is 0 Å². The summed E-state index contributed by atoms with van der Waals surface area (Å²) < 4.78 is 0. The number of hydrogen-bond acceptors (Lipinski definition) is 3. The number of nitrogen functional groups attached to an aromatic ring is 1. The molecule has 3 nitrogen and oxygen atoms in total. The van der Waals surface area contributed by atoms with Crippen molar-refractivity contribution in [3.05, 3.63) is 17.7 Å². The number of nitrogens with one attached hydrogen (secondary N) is 2. The van der Waals surface area contributed by atoms with Gasteiger partial charge in [0.25, 0.3) is 0 Å². The van der Waals surface area contributed by atoms with Crippen molar-refractivity contribution in [2.45, 2.75) is 12.8 Å². The quantitative estimate of drug-likeness (QED) is 0.572.